The molecule has 2 heterocycles. The molecule has 0 saturated heterocycles. The number of halogens is 1. The minimum atomic E-state index is -0.276. The molecule has 2 aromatic carbocycles. The number of hydrogen-bond donors (Lipinski definition) is 1. The van der Waals surface area contributed by atoms with Crippen molar-refractivity contribution in [2.24, 2.45) is 0 Å². The van der Waals surface area contributed by atoms with E-state index < -0.39 is 0 Å². The Morgan fingerprint density at radius 1 is 1.19 bits per heavy atom. The van der Waals surface area contributed by atoms with Crippen LogP contribution in [0.5, 0.6) is 0 Å². The van der Waals surface area contributed by atoms with Gasteiger partial charge in [0, 0.05) is 30.2 Å². The molecule has 1 aliphatic heterocycles. The number of nitrogens with zero attached hydrogens (tertiary/aromatic N) is 2. The highest BCUT2D eigenvalue weighted by atomic mass is 19.1. The van der Waals surface area contributed by atoms with Gasteiger partial charge in [-0.3, -0.25) is 4.79 Å². The first kappa shape index (κ1) is 17.4. The molecule has 0 fully saturated rings. The molecule has 3 aromatic rings. The molecule has 6 heteroatoms. The van der Waals surface area contributed by atoms with Crippen LogP contribution in [0.15, 0.2) is 48.5 Å². The maximum atomic E-state index is 13.3. The molecule has 1 aromatic heterocycles. The monoisotopic (exact) mass is 365 g/mol. The van der Waals surface area contributed by atoms with E-state index in [-0.39, 0.29) is 17.8 Å². The van der Waals surface area contributed by atoms with Crippen molar-refractivity contribution in [1.29, 1.82) is 0 Å². The van der Waals surface area contributed by atoms with Gasteiger partial charge in [-0.1, -0.05) is 12.1 Å². The third-order valence-electron chi connectivity index (χ3n) is 4.80. The number of ether oxygens (including phenoxy) is 1. The summed E-state index contributed by atoms with van der Waals surface area (Å²) in [5.41, 5.74) is 5.26. The van der Waals surface area contributed by atoms with Gasteiger partial charge in [-0.05, 0) is 43.3 Å². The maximum absolute atomic E-state index is 13.3. The van der Waals surface area contributed by atoms with E-state index >= 15 is 0 Å². The topological polar surface area (TPSA) is 56.2 Å². The van der Waals surface area contributed by atoms with Crippen LogP contribution in [0.1, 0.15) is 28.5 Å². The maximum Gasteiger partial charge on any atom is 0.251 e. The van der Waals surface area contributed by atoms with Crippen molar-refractivity contribution in [3.05, 3.63) is 71.2 Å². The summed E-state index contributed by atoms with van der Waals surface area (Å²) < 4.78 is 21.0. The predicted octanol–water partition coefficient (Wildman–Crippen LogP) is 3.50. The largest absolute Gasteiger partial charge is 0.373 e. The van der Waals surface area contributed by atoms with Crippen molar-refractivity contribution < 1.29 is 13.9 Å². The highest BCUT2D eigenvalue weighted by molar-refractivity contribution is 5.94. The first-order valence-electron chi connectivity index (χ1n) is 8.87. The average molecular weight is 365 g/mol. The quantitative estimate of drug-likeness (QED) is 0.773. The van der Waals surface area contributed by atoms with Crippen LogP contribution < -0.4 is 5.32 Å². The van der Waals surface area contributed by atoms with Crippen molar-refractivity contribution in [3.63, 3.8) is 0 Å². The third-order valence-corrected chi connectivity index (χ3v) is 4.80. The molecule has 0 radical (unpaired) electrons. The highest BCUT2D eigenvalue weighted by Gasteiger charge is 2.26. The standard InChI is InChI=1S/C21H20FN3O2/c1-13-11-19-18(12-27-13)20(14-3-5-15(6-4-14)21(26)23-2)24-25(19)17-9-7-16(22)8-10-17/h3-10,13H,11-12H2,1-2H3,(H,23,26)/t13-/m0/s1. The third kappa shape index (κ3) is 3.24. The van der Waals surface area contributed by atoms with Crippen molar-refractivity contribution >= 4 is 5.91 Å². The molecule has 1 N–H and O–H groups in total. The summed E-state index contributed by atoms with van der Waals surface area (Å²) in [5.74, 6) is -0.404. The summed E-state index contributed by atoms with van der Waals surface area (Å²) in [7, 11) is 1.61. The second kappa shape index (κ2) is 6.96. The fourth-order valence-corrected chi connectivity index (χ4v) is 3.35. The zero-order valence-corrected chi connectivity index (χ0v) is 15.2. The molecule has 4 rings (SSSR count). The molecule has 1 amide bonds. The van der Waals surface area contributed by atoms with Crippen LogP contribution in [0.25, 0.3) is 16.9 Å². The molecule has 0 saturated carbocycles. The van der Waals surface area contributed by atoms with Gasteiger partial charge in [0.2, 0.25) is 0 Å². The Bertz CT molecular complexity index is 978. The van der Waals surface area contributed by atoms with Gasteiger partial charge in [0.15, 0.2) is 0 Å². The molecule has 1 aliphatic rings. The number of rotatable bonds is 3. The molecular formula is C21H20FN3O2. The lowest BCUT2D eigenvalue weighted by atomic mass is 10.0. The van der Waals surface area contributed by atoms with E-state index in [1.54, 1.807) is 31.3 Å². The zero-order chi connectivity index (χ0) is 19.0. The highest BCUT2D eigenvalue weighted by Crippen LogP contribution is 2.32. The smallest absolute Gasteiger partial charge is 0.251 e. The number of carbonyl (C=O) groups excluding carboxylic acids is 1. The Hall–Kier alpha value is -2.99. The van der Waals surface area contributed by atoms with E-state index in [9.17, 15) is 9.18 Å². The van der Waals surface area contributed by atoms with E-state index in [4.69, 9.17) is 9.84 Å². The number of aromatic nitrogens is 2. The molecule has 5 nitrogen and oxygen atoms in total. The lowest BCUT2D eigenvalue weighted by molar-refractivity contribution is 0.0401. The predicted molar refractivity (Wildman–Crippen MR) is 100 cm³/mol. The molecule has 0 spiro atoms. The van der Waals surface area contributed by atoms with Gasteiger partial charge in [0.1, 0.15) is 5.82 Å². The number of hydrogen-bond acceptors (Lipinski definition) is 3. The van der Waals surface area contributed by atoms with Gasteiger partial charge in [0.25, 0.3) is 5.91 Å². The minimum absolute atomic E-state index is 0.0943. The Kier molecular flexibility index (Phi) is 4.49. The Labute approximate surface area is 156 Å². The van der Waals surface area contributed by atoms with E-state index in [0.29, 0.717) is 12.2 Å². The number of amides is 1. The summed E-state index contributed by atoms with van der Waals surface area (Å²) in [5, 5.41) is 7.42. The normalized spacial score (nSPS) is 16.0. The molecule has 0 aliphatic carbocycles. The summed E-state index contributed by atoms with van der Waals surface area (Å²) >= 11 is 0. The Morgan fingerprint density at radius 3 is 2.56 bits per heavy atom. The summed E-state index contributed by atoms with van der Waals surface area (Å²) in [4.78, 5) is 11.8. The molecular weight excluding hydrogens is 345 g/mol. The Morgan fingerprint density at radius 2 is 1.89 bits per heavy atom. The minimum Gasteiger partial charge on any atom is -0.373 e. The van der Waals surface area contributed by atoms with Crippen molar-refractivity contribution in [1.82, 2.24) is 15.1 Å². The van der Waals surface area contributed by atoms with Gasteiger partial charge in [-0.2, -0.15) is 5.10 Å². The first-order chi connectivity index (χ1) is 13.1. The number of carbonyl (C=O) groups is 1. The van der Waals surface area contributed by atoms with Gasteiger partial charge >= 0.3 is 0 Å². The number of nitrogens with one attached hydrogen (secondary N) is 1. The van der Waals surface area contributed by atoms with E-state index in [2.05, 4.69) is 5.32 Å². The van der Waals surface area contributed by atoms with Crippen molar-refractivity contribution in [3.8, 4) is 16.9 Å². The fourth-order valence-electron chi connectivity index (χ4n) is 3.35. The number of benzene rings is 2. The van der Waals surface area contributed by atoms with Gasteiger partial charge < -0.3 is 10.1 Å². The van der Waals surface area contributed by atoms with Gasteiger partial charge in [-0.15, -0.1) is 0 Å². The second-order valence-corrected chi connectivity index (χ2v) is 6.64. The van der Waals surface area contributed by atoms with E-state index in [1.165, 1.54) is 12.1 Å². The molecule has 27 heavy (non-hydrogen) atoms. The van der Waals surface area contributed by atoms with Crippen LogP contribution in [0.3, 0.4) is 0 Å². The SMILES string of the molecule is CNC(=O)c1ccc(-c2nn(-c3ccc(F)cc3)c3c2CO[C@@H](C)C3)cc1. The molecule has 0 bridgehead atoms. The van der Waals surface area contributed by atoms with Crippen molar-refractivity contribution in [2.75, 3.05) is 7.05 Å². The second-order valence-electron chi connectivity index (χ2n) is 6.64. The van der Waals surface area contributed by atoms with Crippen LogP contribution in [0.2, 0.25) is 0 Å². The summed E-state index contributed by atoms with van der Waals surface area (Å²) in [6.45, 7) is 2.51. The van der Waals surface area contributed by atoms with Crippen LogP contribution >= 0.6 is 0 Å². The summed E-state index contributed by atoms with van der Waals surface area (Å²) in [6.07, 6.45) is 0.827. The summed E-state index contributed by atoms with van der Waals surface area (Å²) in [6, 6.07) is 13.7. The zero-order valence-electron chi connectivity index (χ0n) is 15.2. The first-order valence-corrected chi connectivity index (χ1v) is 8.87. The van der Waals surface area contributed by atoms with Crippen LogP contribution in [0, 0.1) is 5.82 Å². The lowest BCUT2D eigenvalue weighted by Crippen LogP contribution is -2.21. The van der Waals surface area contributed by atoms with Crippen LogP contribution in [-0.4, -0.2) is 28.8 Å². The van der Waals surface area contributed by atoms with Gasteiger partial charge in [-0.25, -0.2) is 9.07 Å². The average Bonchev–Trinajstić information content (AvgIpc) is 3.06. The lowest BCUT2D eigenvalue weighted by Gasteiger charge is -2.21. The molecule has 0 unspecified atom stereocenters. The van der Waals surface area contributed by atoms with E-state index in [0.717, 1.165) is 34.6 Å². The van der Waals surface area contributed by atoms with Crippen LogP contribution in [-0.2, 0) is 17.8 Å². The fraction of sp³-hybridized carbons (Fsp3) is 0.238. The Balaban J connectivity index is 1.80. The molecule has 1 atom stereocenters. The number of fused-ring (bicyclic) bond motifs is 1. The van der Waals surface area contributed by atoms with Crippen molar-refractivity contribution in [2.45, 2.75) is 26.1 Å². The van der Waals surface area contributed by atoms with E-state index in [1.807, 2.05) is 23.7 Å². The van der Waals surface area contributed by atoms with Crippen LogP contribution in [0.4, 0.5) is 4.39 Å². The van der Waals surface area contributed by atoms with Gasteiger partial charge in [0.05, 0.1) is 29.8 Å². The molecule has 138 valence electrons.